The fraction of sp³-hybridized carbons (Fsp3) is 0.480. The first-order chi connectivity index (χ1) is 52.3. The van der Waals surface area contributed by atoms with Crippen molar-refractivity contribution >= 4 is 100 Å². The van der Waals surface area contributed by atoms with Gasteiger partial charge in [0.2, 0.25) is 35.2 Å². The number of ether oxygens (including phenoxy) is 3. The summed E-state index contributed by atoms with van der Waals surface area (Å²) in [5, 5.41) is 37.8. The molecule has 1 aliphatic carbocycles. The summed E-state index contributed by atoms with van der Waals surface area (Å²) in [6.07, 6.45) is 10.2. The van der Waals surface area contributed by atoms with Crippen molar-refractivity contribution in [1.82, 2.24) is 25.8 Å². The number of hydrogen-bond acceptors (Lipinski definition) is 20. The second-order valence-corrected chi connectivity index (χ2v) is 35.1. The smallest absolute Gasteiger partial charge is 0.475 e. The van der Waals surface area contributed by atoms with Gasteiger partial charge in [-0.15, -0.1) is 0 Å². The third kappa shape index (κ3) is 23.6. The Balaban J connectivity index is 0.826. The number of carboxylic acid groups (broad SMARTS) is 1. The molecular weight excluding hydrogens is 1520 g/mol. The number of carbonyl (C=O) groups excluding carboxylic acids is 5. The molecule has 2 fully saturated rings. The van der Waals surface area contributed by atoms with Gasteiger partial charge in [-0.1, -0.05) is 62.4 Å². The predicted molar refractivity (Wildman–Crippen MR) is 409 cm³/mol. The van der Waals surface area contributed by atoms with E-state index in [4.69, 9.17) is 14.2 Å². The van der Waals surface area contributed by atoms with Gasteiger partial charge >= 0.3 is 13.1 Å². The van der Waals surface area contributed by atoms with Crippen LogP contribution in [0.3, 0.4) is 0 Å². The number of unbranched alkanes of at least 4 members (excludes halogenated alkanes) is 2. The highest BCUT2D eigenvalue weighted by Gasteiger charge is 2.46. The summed E-state index contributed by atoms with van der Waals surface area (Å²) in [5.41, 5.74) is 4.45. The Labute approximate surface area is 647 Å². The lowest BCUT2D eigenvalue weighted by molar-refractivity contribution is -0.438. The van der Waals surface area contributed by atoms with Gasteiger partial charge in [0.25, 0.3) is 40.5 Å². The van der Waals surface area contributed by atoms with E-state index < -0.39 is 130 Å². The van der Waals surface area contributed by atoms with Crippen molar-refractivity contribution in [2.75, 3.05) is 82.1 Å². The molecule has 1 unspecified atom stereocenters. The zero-order valence-electron chi connectivity index (χ0n) is 62.2. The number of nitrogens with one attached hydrogen (secondary N) is 3. The van der Waals surface area contributed by atoms with Gasteiger partial charge < -0.3 is 60.0 Å². The zero-order chi connectivity index (χ0) is 80.8. The van der Waals surface area contributed by atoms with Crippen molar-refractivity contribution in [3.63, 3.8) is 0 Å². The first-order valence-corrected chi connectivity index (χ1v) is 42.8. The lowest BCUT2D eigenvalue weighted by Crippen LogP contribution is -2.51. The average Bonchev–Trinajstić information content (AvgIpc) is 1.59. The summed E-state index contributed by atoms with van der Waals surface area (Å²) < 4.78 is 156. The Hall–Kier alpha value is -8.53. The largest absolute Gasteiger partial charge is 0.480 e. The van der Waals surface area contributed by atoms with Gasteiger partial charge in [0.1, 0.15) is 36.6 Å². The van der Waals surface area contributed by atoms with Crippen LogP contribution in [0, 0.1) is 5.92 Å². The summed E-state index contributed by atoms with van der Waals surface area (Å²) in [7, 11) is -19.6. The van der Waals surface area contributed by atoms with Crippen molar-refractivity contribution in [1.29, 1.82) is 0 Å². The molecule has 111 heavy (non-hydrogen) atoms. The second-order valence-electron chi connectivity index (χ2n) is 29.2. The van der Waals surface area contributed by atoms with E-state index in [1.165, 1.54) is 34.1 Å². The highest BCUT2D eigenvalue weighted by atomic mass is 32.2. The maximum absolute atomic E-state index is 13.9. The van der Waals surface area contributed by atoms with E-state index in [-0.39, 0.29) is 126 Å². The molecule has 9 rings (SSSR count). The van der Waals surface area contributed by atoms with E-state index in [1.807, 2.05) is 67.5 Å². The number of allylic oxidation sites excluding steroid dienone is 7. The topological polar surface area (TPSA) is 457 Å². The quantitative estimate of drug-likeness (QED) is 0.00906. The lowest BCUT2D eigenvalue weighted by atomic mass is 9.78. The molecule has 0 aromatic heterocycles. The SMILES string of the molecule is CC1(C)C(/C=C/C2=C(Oc3ccc(C[C@H](NC(=O)CCOCCOCCNC(=O)C4CCN(C(=O)[C@H](Cc5ccccc5)NC(=O)CC(=O)N5CCC[C@H]5B(O)O)C4)C(=O)O)cc3)C(=C/C=C3/N(CCCCS(=O)(=O)O)c4ccc(S(=O)(=O)O)cc4C3(C)C)/CCC2)=[N+](CCCCS(=O)(=O)O)c2ccc(S(=O)(=O)O)cc21. The third-order valence-corrected chi connectivity index (χ3v) is 23.7. The Morgan fingerprint density at radius 2 is 1.30 bits per heavy atom. The number of aliphatic carboxylic acids is 1. The van der Waals surface area contributed by atoms with Gasteiger partial charge in [0, 0.05) is 92.9 Å². The summed E-state index contributed by atoms with van der Waals surface area (Å²) >= 11 is 0. The third-order valence-electron chi connectivity index (χ3n) is 20.4. The lowest BCUT2D eigenvalue weighted by Gasteiger charge is -2.27. The number of benzene rings is 4. The van der Waals surface area contributed by atoms with Crippen LogP contribution in [0.5, 0.6) is 5.75 Å². The summed E-state index contributed by atoms with van der Waals surface area (Å²) in [4.78, 5) is 83.2. The standard InChI is InChI=1S/C75H96BN7O24S4/c1-74(2)58-46-56(110(99,100)101)25-27-62(58)81(34-8-10-42-108(93,94)95)64(74)29-21-52-16-12-17-53(22-30-65-75(3,4)59-47-57(111(102,103)104)26-28-63(59)82(65)35-9-11-43-109(96,97)98)70(52)107-55-23-19-51(20-24-55)45-61(73(89)90)79-67(84)32-38-105-40-41-106-39-33-77-71(87)54-31-37-80(49-54)72(88)60(44-50-14-6-5-7-15-50)78-68(85)48-69(86)83-36-13-18-66(83)76(91)92/h5-7,14-15,19-30,46-47,54,60-61,66,91-92H,8-13,16-18,31-45,48-49H2,1-4H3,(H7-,77,78,79,84,85,87,89,90,93,94,95,96,97,98,99,100,101,102,103,104)/p+1/t54?,60-,61-,66-/m0/s1. The number of fused-ring (bicyclic) bond motifs is 2. The molecule has 31 nitrogen and oxygen atoms in total. The van der Waals surface area contributed by atoms with Crippen molar-refractivity contribution in [3.05, 3.63) is 160 Å². The Morgan fingerprint density at radius 1 is 0.667 bits per heavy atom. The van der Waals surface area contributed by atoms with E-state index in [0.29, 0.717) is 101 Å². The molecule has 0 radical (unpaired) electrons. The van der Waals surface area contributed by atoms with Gasteiger partial charge in [-0.2, -0.15) is 38.2 Å². The van der Waals surface area contributed by atoms with Crippen LogP contribution < -0.4 is 25.6 Å². The summed E-state index contributed by atoms with van der Waals surface area (Å²) in [5.74, 6) is -5.53. The summed E-state index contributed by atoms with van der Waals surface area (Å²) in [6, 6.07) is 21.6. The van der Waals surface area contributed by atoms with Gasteiger partial charge in [-0.05, 0) is 154 Å². The highest BCUT2D eigenvalue weighted by molar-refractivity contribution is 7.86. The summed E-state index contributed by atoms with van der Waals surface area (Å²) in [6.45, 7) is 8.90. The van der Waals surface area contributed by atoms with Crippen LogP contribution >= 0.6 is 0 Å². The van der Waals surface area contributed by atoms with Crippen LogP contribution in [0.1, 0.15) is 127 Å². The van der Waals surface area contributed by atoms with Gasteiger partial charge in [-0.3, -0.25) is 42.2 Å². The maximum atomic E-state index is 13.9. The molecule has 5 amide bonds. The number of nitrogens with zero attached hydrogens (tertiary/aromatic N) is 4. The molecule has 4 heterocycles. The Kier molecular flexibility index (Phi) is 29.1. The molecule has 602 valence electrons. The predicted octanol–water partition coefficient (Wildman–Crippen LogP) is 5.19. The Morgan fingerprint density at radius 3 is 1.95 bits per heavy atom. The molecule has 4 aromatic carbocycles. The maximum Gasteiger partial charge on any atom is 0.475 e. The van der Waals surface area contributed by atoms with Gasteiger partial charge in [0.05, 0.1) is 65.0 Å². The molecular formula is C75H97BN7O24S4+. The fourth-order valence-electron chi connectivity index (χ4n) is 14.7. The molecule has 10 N–H and O–H groups in total. The average molecular weight is 1620 g/mol. The van der Waals surface area contributed by atoms with Crippen LogP contribution in [-0.2, 0) is 102 Å². The van der Waals surface area contributed by atoms with E-state index in [0.717, 1.165) is 5.56 Å². The molecule has 4 aliphatic heterocycles. The molecule has 0 saturated carbocycles. The molecule has 4 aromatic rings. The molecule has 0 spiro atoms. The van der Waals surface area contributed by atoms with Crippen LogP contribution in [-0.4, -0.2) is 225 Å². The van der Waals surface area contributed by atoms with Crippen LogP contribution in [0.2, 0.25) is 0 Å². The van der Waals surface area contributed by atoms with Gasteiger partial charge in [-0.25, -0.2) is 4.79 Å². The minimum atomic E-state index is -4.64. The van der Waals surface area contributed by atoms with E-state index in [9.17, 15) is 95.8 Å². The van der Waals surface area contributed by atoms with E-state index in [1.54, 1.807) is 60.7 Å². The first kappa shape index (κ1) is 86.5. The van der Waals surface area contributed by atoms with Crippen molar-refractivity contribution in [2.45, 2.75) is 156 Å². The minimum absolute atomic E-state index is 0.0663. The van der Waals surface area contributed by atoms with Crippen molar-refractivity contribution in [2.24, 2.45) is 5.92 Å². The molecule has 2 saturated heterocycles. The minimum Gasteiger partial charge on any atom is -0.480 e. The fourth-order valence-corrected chi connectivity index (χ4v) is 16.8. The molecule has 36 heteroatoms. The number of likely N-dealkylation sites (tertiary alicyclic amines) is 2. The zero-order valence-corrected chi connectivity index (χ0v) is 65.5. The van der Waals surface area contributed by atoms with Crippen LogP contribution in [0.4, 0.5) is 11.4 Å². The number of rotatable bonds is 38. The van der Waals surface area contributed by atoms with E-state index >= 15 is 0 Å². The van der Waals surface area contributed by atoms with Gasteiger partial charge in [0.15, 0.2) is 5.71 Å². The van der Waals surface area contributed by atoms with Crippen molar-refractivity contribution in [3.8, 4) is 5.75 Å². The number of anilines is 1. The van der Waals surface area contributed by atoms with E-state index in [2.05, 4.69) is 16.0 Å². The molecule has 5 aliphatic rings. The number of amides is 5. The number of carboxylic acids is 1. The molecule has 4 atom stereocenters. The molecule has 0 bridgehead atoms. The van der Waals surface area contributed by atoms with Crippen molar-refractivity contribution < 1.29 is 115 Å². The monoisotopic (exact) mass is 1620 g/mol. The number of hydrogen-bond donors (Lipinski definition) is 10. The second kappa shape index (κ2) is 37.4. The normalized spacial score (nSPS) is 19.0. The highest BCUT2D eigenvalue weighted by Crippen LogP contribution is 2.49. The number of carbonyl (C=O) groups is 6. The van der Waals surface area contributed by atoms with Crippen LogP contribution in [0.25, 0.3) is 0 Å². The Bertz CT molecular complexity index is 4760. The van der Waals surface area contributed by atoms with Crippen LogP contribution in [0.15, 0.2) is 148 Å². The first-order valence-electron chi connectivity index (χ1n) is 36.7.